The fourth-order valence-corrected chi connectivity index (χ4v) is 4.56. The quantitative estimate of drug-likeness (QED) is 0.519. The molecule has 130 valence electrons. The van der Waals surface area contributed by atoms with Crippen LogP contribution >= 0.6 is 22.7 Å². The average Bonchev–Trinajstić information content (AvgIpc) is 3.22. The number of carbonyl (C=O) groups excluding carboxylic acids is 1. The maximum absolute atomic E-state index is 13.3. The number of anilines is 1. The van der Waals surface area contributed by atoms with Crippen LogP contribution in [-0.4, -0.2) is 20.9 Å². The van der Waals surface area contributed by atoms with Gasteiger partial charge in [0.1, 0.15) is 4.88 Å². The van der Waals surface area contributed by atoms with Gasteiger partial charge in [-0.25, -0.2) is 9.97 Å². The lowest BCUT2D eigenvalue weighted by Crippen LogP contribution is -2.30. The molecule has 5 nitrogen and oxygen atoms in total. The van der Waals surface area contributed by atoms with E-state index in [1.165, 1.54) is 22.7 Å². The first-order chi connectivity index (χ1) is 12.6. The number of thiazole rings is 2. The van der Waals surface area contributed by atoms with E-state index in [9.17, 15) is 4.79 Å². The van der Waals surface area contributed by atoms with Crippen LogP contribution < -0.4 is 4.90 Å². The molecule has 0 N–H and O–H groups in total. The van der Waals surface area contributed by atoms with Gasteiger partial charge in [-0.3, -0.25) is 14.7 Å². The molecule has 0 spiro atoms. The van der Waals surface area contributed by atoms with E-state index in [1.807, 2.05) is 50.2 Å². The standard InChI is InChI=1S/C19H16N4OS2/c1-12-17(25-13(2)21-12)18(24)23(11-14-6-5-9-20-10-14)19-22-15-7-3-4-8-16(15)26-19/h3-10H,11H2,1-2H3. The molecule has 0 radical (unpaired) electrons. The third-order valence-corrected chi connectivity index (χ3v) is 6.04. The first-order valence-corrected chi connectivity index (χ1v) is 9.75. The second-order valence-corrected chi connectivity index (χ2v) is 8.08. The number of aryl methyl sites for hydroxylation is 2. The predicted molar refractivity (Wildman–Crippen MR) is 106 cm³/mol. The van der Waals surface area contributed by atoms with E-state index in [0.29, 0.717) is 16.6 Å². The summed E-state index contributed by atoms with van der Waals surface area (Å²) in [6.45, 7) is 4.21. The van der Waals surface area contributed by atoms with E-state index in [-0.39, 0.29) is 5.91 Å². The Kier molecular flexibility index (Phi) is 4.48. The highest BCUT2D eigenvalue weighted by Crippen LogP contribution is 2.32. The molecule has 3 aromatic heterocycles. The number of benzene rings is 1. The van der Waals surface area contributed by atoms with Crippen LogP contribution in [0.2, 0.25) is 0 Å². The summed E-state index contributed by atoms with van der Waals surface area (Å²) in [5, 5.41) is 1.57. The average molecular weight is 380 g/mol. The maximum atomic E-state index is 13.3. The van der Waals surface area contributed by atoms with Gasteiger partial charge in [-0.15, -0.1) is 11.3 Å². The Bertz CT molecular complexity index is 1040. The molecule has 3 heterocycles. The van der Waals surface area contributed by atoms with Gasteiger partial charge in [0, 0.05) is 12.4 Å². The molecule has 0 saturated carbocycles. The summed E-state index contributed by atoms with van der Waals surface area (Å²) >= 11 is 2.94. The summed E-state index contributed by atoms with van der Waals surface area (Å²) in [4.78, 5) is 28.9. The lowest BCUT2D eigenvalue weighted by molar-refractivity contribution is 0.0988. The summed E-state index contributed by atoms with van der Waals surface area (Å²) in [7, 11) is 0. The lowest BCUT2D eigenvalue weighted by Gasteiger charge is -2.19. The van der Waals surface area contributed by atoms with Crippen molar-refractivity contribution >= 4 is 43.9 Å². The van der Waals surface area contributed by atoms with Crippen LogP contribution in [-0.2, 0) is 6.54 Å². The first kappa shape index (κ1) is 16.8. The van der Waals surface area contributed by atoms with Gasteiger partial charge in [0.2, 0.25) is 0 Å². The molecule has 26 heavy (non-hydrogen) atoms. The van der Waals surface area contributed by atoms with E-state index < -0.39 is 0 Å². The van der Waals surface area contributed by atoms with Crippen molar-refractivity contribution in [1.29, 1.82) is 0 Å². The number of hydrogen-bond donors (Lipinski definition) is 0. The third-order valence-electron chi connectivity index (χ3n) is 3.92. The second-order valence-electron chi connectivity index (χ2n) is 5.86. The highest BCUT2D eigenvalue weighted by molar-refractivity contribution is 7.22. The molecule has 4 rings (SSSR count). The molecule has 0 aliphatic heterocycles. The number of pyridine rings is 1. The molecule has 1 aromatic carbocycles. The minimum atomic E-state index is -0.0731. The van der Waals surface area contributed by atoms with E-state index in [2.05, 4.69) is 15.0 Å². The molecule has 0 bridgehead atoms. The molecule has 7 heteroatoms. The van der Waals surface area contributed by atoms with E-state index in [1.54, 1.807) is 17.3 Å². The van der Waals surface area contributed by atoms with Crippen LogP contribution in [0.25, 0.3) is 10.2 Å². The highest BCUT2D eigenvalue weighted by Gasteiger charge is 2.25. The van der Waals surface area contributed by atoms with E-state index >= 15 is 0 Å². The maximum Gasteiger partial charge on any atom is 0.272 e. The summed E-state index contributed by atoms with van der Waals surface area (Å²) < 4.78 is 1.06. The molecule has 0 aliphatic rings. The Balaban J connectivity index is 1.78. The fraction of sp³-hybridized carbons (Fsp3) is 0.158. The molecule has 0 unspecified atom stereocenters. The summed E-state index contributed by atoms with van der Waals surface area (Å²) in [6, 6.07) is 11.8. The van der Waals surface area contributed by atoms with Gasteiger partial charge in [0.15, 0.2) is 5.13 Å². The number of amides is 1. The first-order valence-electron chi connectivity index (χ1n) is 8.12. The monoisotopic (exact) mass is 380 g/mol. The number of carbonyl (C=O) groups is 1. The minimum Gasteiger partial charge on any atom is -0.279 e. The topological polar surface area (TPSA) is 59.0 Å². The highest BCUT2D eigenvalue weighted by atomic mass is 32.1. The van der Waals surface area contributed by atoms with Gasteiger partial charge in [-0.05, 0) is 37.6 Å². The van der Waals surface area contributed by atoms with E-state index in [4.69, 9.17) is 0 Å². The summed E-state index contributed by atoms with van der Waals surface area (Å²) in [6.07, 6.45) is 3.50. The Morgan fingerprint density at radius 2 is 1.92 bits per heavy atom. The van der Waals surface area contributed by atoms with Crippen molar-refractivity contribution in [2.24, 2.45) is 0 Å². The molecule has 4 aromatic rings. The number of fused-ring (bicyclic) bond motifs is 1. The normalized spacial score (nSPS) is 11.0. The van der Waals surface area contributed by atoms with Gasteiger partial charge in [0.25, 0.3) is 5.91 Å². The summed E-state index contributed by atoms with van der Waals surface area (Å²) in [5.41, 5.74) is 2.61. The lowest BCUT2D eigenvalue weighted by atomic mass is 10.2. The van der Waals surface area contributed by atoms with Crippen molar-refractivity contribution in [3.63, 3.8) is 0 Å². The third kappa shape index (κ3) is 3.23. The zero-order valence-electron chi connectivity index (χ0n) is 14.3. The summed E-state index contributed by atoms with van der Waals surface area (Å²) in [5.74, 6) is -0.0731. The second kappa shape index (κ2) is 6.93. The van der Waals surface area contributed by atoms with Crippen LogP contribution in [0.4, 0.5) is 5.13 Å². The van der Waals surface area contributed by atoms with Crippen LogP contribution in [0.3, 0.4) is 0 Å². The minimum absolute atomic E-state index is 0.0731. The van der Waals surface area contributed by atoms with E-state index in [0.717, 1.165) is 26.5 Å². The molecule has 0 aliphatic carbocycles. The number of para-hydroxylation sites is 1. The molecular weight excluding hydrogens is 364 g/mol. The Hall–Kier alpha value is -2.64. The molecule has 0 saturated heterocycles. The van der Waals surface area contributed by atoms with Gasteiger partial charge in [0.05, 0.1) is 27.5 Å². The zero-order valence-corrected chi connectivity index (χ0v) is 16.0. The van der Waals surface area contributed by atoms with Crippen molar-refractivity contribution < 1.29 is 4.79 Å². The molecule has 0 fully saturated rings. The van der Waals surface area contributed by atoms with Gasteiger partial charge in [-0.2, -0.15) is 0 Å². The van der Waals surface area contributed by atoms with Crippen LogP contribution in [0, 0.1) is 13.8 Å². The fourth-order valence-electron chi connectivity index (χ4n) is 2.73. The van der Waals surface area contributed by atoms with Crippen molar-refractivity contribution in [3.05, 3.63) is 69.9 Å². The van der Waals surface area contributed by atoms with Crippen molar-refractivity contribution in [1.82, 2.24) is 15.0 Å². The Labute approximate surface area is 159 Å². The Morgan fingerprint density at radius 3 is 2.62 bits per heavy atom. The molecule has 1 amide bonds. The van der Waals surface area contributed by atoms with Crippen LogP contribution in [0.1, 0.15) is 25.9 Å². The molecule has 0 atom stereocenters. The van der Waals surface area contributed by atoms with Gasteiger partial charge >= 0.3 is 0 Å². The van der Waals surface area contributed by atoms with Gasteiger partial charge < -0.3 is 0 Å². The number of rotatable bonds is 4. The number of aromatic nitrogens is 3. The zero-order chi connectivity index (χ0) is 18.1. The van der Waals surface area contributed by atoms with Gasteiger partial charge in [-0.1, -0.05) is 29.5 Å². The van der Waals surface area contributed by atoms with Crippen LogP contribution in [0.15, 0.2) is 48.8 Å². The number of hydrogen-bond acceptors (Lipinski definition) is 6. The van der Waals surface area contributed by atoms with Crippen LogP contribution in [0.5, 0.6) is 0 Å². The van der Waals surface area contributed by atoms with Crippen molar-refractivity contribution in [3.8, 4) is 0 Å². The van der Waals surface area contributed by atoms with Crippen molar-refractivity contribution in [2.45, 2.75) is 20.4 Å². The molecular formula is C19H16N4OS2. The largest absolute Gasteiger partial charge is 0.279 e. The predicted octanol–water partition coefficient (Wildman–Crippen LogP) is 4.61. The smallest absolute Gasteiger partial charge is 0.272 e. The SMILES string of the molecule is Cc1nc(C)c(C(=O)N(Cc2cccnc2)c2nc3ccccc3s2)s1. The number of nitrogens with zero attached hydrogens (tertiary/aromatic N) is 4. The Morgan fingerprint density at radius 1 is 1.08 bits per heavy atom. The van der Waals surface area contributed by atoms with Crippen molar-refractivity contribution in [2.75, 3.05) is 4.90 Å².